The molecule has 0 aromatic carbocycles. The van der Waals surface area contributed by atoms with E-state index in [-0.39, 0.29) is 0 Å². The van der Waals surface area contributed by atoms with Crippen molar-refractivity contribution in [3.63, 3.8) is 0 Å². The van der Waals surface area contributed by atoms with Crippen LogP contribution in [-0.4, -0.2) is 176 Å². The number of hydrogen-bond donors (Lipinski definition) is 11. The predicted octanol–water partition coefficient (Wildman–Crippen LogP) is -7.12. The van der Waals surface area contributed by atoms with E-state index in [9.17, 15) is 71.9 Å². The molecule has 0 aromatic heterocycles. The average molecular weight is 619 g/mol. The van der Waals surface area contributed by atoms with Gasteiger partial charge in [-0.05, 0) is 6.92 Å². The first-order valence-electron chi connectivity index (χ1n) is 11.4. The van der Waals surface area contributed by atoms with E-state index in [1.54, 1.807) is 0 Å². The average Bonchev–Trinajstić information content (AvgIpc) is 2.81. The van der Waals surface area contributed by atoms with E-state index in [4.69, 9.17) is 18.9 Å². The van der Waals surface area contributed by atoms with E-state index < -0.39 is 124 Å². The highest BCUT2D eigenvalue weighted by molar-refractivity contribution is 7.86. The molecule has 19 nitrogen and oxygen atoms in total. The van der Waals surface area contributed by atoms with Crippen LogP contribution in [0.2, 0.25) is 0 Å². The molecule has 232 valence electrons. The van der Waals surface area contributed by atoms with Crippen molar-refractivity contribution >= 4 is 20.2 Å². The van der Waals surface area contributed by atoms with Gasteiger partial charge in [0, 0.05) is 0 Å². The molecule has 21 heteroatoms. The van der Waals surface area contributed by atoms with Crippen molar-refractivity contribution in [2.75, 3.05) is 19.0 Å². The molecule has 0 saturated carbocycles. The Morgan fingerprint density at radius 3 is 1.72 bits per heavy atom. The molecule has 2 aliphatic heterocycles. The fraction of sp³-hybridized carbons (Fsp3) is 1.00. The zero-order valence-corrected chi connectivity index (χ0v) is 21.8. The molecule has 2 fully saturated rings. The molecule has 11 N–H and O–H groups in total. The first-order chi connectivity index (χ1) is 17.8. The molecule has 0 radical (unpaired) electrons. The first kappa shape index (κ1) is 34.5. The Hall–Kier alpha value is -0.700. The van der Waals surface area contributed by atoms with Gasteiger partial charge in [0.05, 0.1) is 25.4 Å². The van der Waals surface area contributed by atoms with Crippen molar-refractivity contribution in [1.82, 2.24) is 0 Å². The Balaban J connectivity index is 2.50. The second kappa shape index (κ2) is 13.5. The number of aliphatic hydroxyl groups is 9. The summed E-state index contributed by atoms with van der Waals surface area (Å²) in [7, 11) is -10.3. The molecule has 2 rings (SSSR count). The van der Waals surface area contributed by atoms with Gasteiger partial charge in [0.15, 0.2) is 12.6 Å². The second-order valence-electron chi connectivity index (χ2n) is 9.13. The van der Waals surface area contributed by atoms with E-state index in [1.165, 1.54) is 6.92 Å². The minimum Gasteiger partial charge on any atom is -0.394 e. The number of aliphatic hydroxyl groups excluding tert-OH is 9. The molecular formula is C18H34O19S2. The molecular weight excluding hydrogens is 584 g/mol. The van der Waals surface area contributed by atoms with Crippen LogP contribution in [0.25, 0.3) is 0 Å². The predicted molar refractivity (Wildman–Crippen MR) is 121 cm³/mol. The Morgan fingerprint density at radius 1 is 0.744 bits per heavy atom. The van der Waals surface area contributed by atoms with Crippen LogP contribution in [0.4, 0.5) is 0 Å². The van der Waals surface area contributed by atoms with Crippen molar-refractivity contribution < 1.29 is 90.8 Å². The Kier molecular flexibility index (Phi) is 12.0. The van der Waals surface area contributed by atoms with Gasteiger partial charge >= 0.3 is 0 Å². The monoisotopic (exact) mass is 618 g/mol. The molecule has 2 heterocycles. The van der Waals surface area contributed by atoms with Crippen LogP contribution < -0.4 is 0 Å². The summed E-state index contributed by atoms with van der Waals surface area (Å²) in [6.07, 6.45) is -26.6. The maximum Gasteiger partial charge on any atom is 0.273 e. The van der Waals surface area contributed by atoms with Gasteiger partial charge in [-0.3, -0.25) is 9.11 Å². The molecule has 0 bridgehead atoms. The highest BCUT2D eigenvalue weighted by Crippen LogP contribution is 2.31. The van der Waals surface area contributed by atoms with Crippen LogP contribution in [0.1, 0.15) is 6.92 Å². The van der Waals surface area contributed by atoms with Gasteiger partial charge in [-0.1, -0.05) is 0 Å². The third-order valence-corrected chi connectivity index (χ3v) is 8.22. The normalized spacial score (nSPS) is 39.6. The molecule has 14 atom stereocenters. The zero-order chi connectivity index (χ0) is 30.0. The van der Waals surface area contributed by atoms with Crippen molar-refractivity contribution in [3.05, 3.63) is 0 Å². The van der Waals surface area contributed by atoms with Gasteiger partial charge < -0.3 is 64.9 Å². The highest BCUT2D eigenvalue weighted by Gasteiger charge is 2.53. The third-order valence-electron chi connectivity index (χ3n) is 6.21. The molecule has 39 heavy (non-hydrogen) atoms. The van der Waals surface area contributed by atoms with Crippen molar-refractivity contribution in [2.24, 2.45) is 0 Å². The fourth-order valence-electron chi connectivity index (χ4n) is 4.14. The number of ether oxygens (including phenoxy) is 4. The molecule has 0 amide bonds. The van der Waals surface area contributed by atoms with E-state index >= 15 is 0 Å². The van der Waals surface area contributed by atoms with Crippen LogP contribution >= 0.6 is 0 Å². The standard InChI is InChI=1S/C18H34O19S2/c1-5-9(23)11(25)12(26)17(34-5)36-14(6(21)2-19)15(7(22)4-38(28,29)30)37-18-13(27)16(39(31,32)33)10(24)8(3-20)35-18/h5-27H,2-4H2,1H3,(H,28,29,30)(H,31,32,33)/t5-,6-,7+,8+,9+,10-,11+,12-,13+,14+,15+,16-,17-,18-/m0/s1. The van der Waals surface area contributed by atoms with Gasteiger partial charge in [0.2, 0.25) is 0 Å². The van der Waals surface area contributed by atoms with Crippen molar-refractivity contribution in [3.8, 4) is 0 Å². The Morgan fingerprint density at radius 2 is 1.26 bits per heavy atom. The molecule has 0 aliphatic carbocycles. The van der Waals surface area contributed by atoms with Gasteiger partial charge in [-0.2, -0.15) is 16.8 Å². The maximum absolute atomic E-state index is 11.8. The maximum atomic E-state index is 11.8. The highest BCUT2D eigenvalue weighted by atomic mass is 32.2. The van der Waals surface area contributed by atoms with E-state index in [1.807, 2.05) is 0 Å². The largest absolute Gasteiger partial charge is 0.394 e. The minimum atomic E-state index is -5.27. The second-order valence-corrected chi connectivity index (χ2v) is 12.2. The number of hydrogen-bond acceptors (Lipinski definition) is 17. The summed E-state index contributed by atoms with van der Waals surface area (Å²) in [4.78, 5) is 0. The smallest absolute Gasteiger partial charge is 0.273 e. The molecule has 2 aliphatic rings. The summed E-state index contributed by atoms with van der Waals surface area (Å²) in [6.45, 7) is -1.05. The lowest BCUT2D eigenvalue weighted by Crippen LogP contribution is -2.64. The molecule has 0 unspecified atom stereocenters. The molecule has 0 spiro atoms. The minimum absolute atomic E-state index is 1.10. The fourth-order valence-corrected chi connectivity index (χ4v) is 5.77. The lowest BCUT2D eigenvalue weighted by molar-refractivity contribution is -0.342. The quantitative estimate of drug-likeness (QED) is 0.0904. The molecule has 0 aromatic rings. The van der Waals surface area contributed by atoms with Crippen LogP contribution in [0, 0.1) is 0 Å². The van der Waals surface area contributed by atoms with E-state index in [2.05, 4.69) is 0 Å². The van der Waals surface area contributed by atoms with E-state index in [0.29, 0.717) is 0 Å². The van der Waals surface area contributed by atoms with Gasteiger partial charge in [0.25, 0.3) is 20.2 Å². The summed E-state index contributed by atoms with van der Waals surface area (Å²) in [5.41, 5.74) is 0. The Labute approximate surface area is 222 Å². The summed E-state index contributed by atoms with van der Waals surface area (Å²) >= 11 is 0. The van der Waals surface area contributed by atoms with Gasteiger partial charge in [-0.15, -0.1) is 0 Å². The summed E-state index contributed by atoms with van der Waals surface area (Å²) in [6, 6.07) is 0. The summed E-state index contributed by atoms with van der Waals surface area (Å²) < 4.78 is 86.2. The number of rotatable bonds is 12. The zero-order valence-electron chi connectivity index (χ0n) is 20.2. The van der Waals surface area contributed by atoms with Crippen LogP contribution in [0.5, 0.6) is 0 Å². The summed E-state index contributed by atoms with van der Waals surface area (Å²) in [5.74, 6) is -1.54. The SMILES string of the molecule is C[C@@H]1O[C@@H](O[C@@H]([C@H](O[C@@H]2O[C@H](CO)[C@H](O)[C@H](S(=O)(=O)O)[C@H]2O)[C@H](O)CS(=O)(=O)O)[C@@H](O)CO)[C@@H](O)[C@H](O)[C@@H]1O. The van der Waals surface area contributed by atoms with Gasteiger partial charge in [0.1, 0.15) is 65.9 Å². The lowest BCUT2D eigenvalue weighted by atomic mass is 9.98. The first-order valence-corrected chi connectivity index (χ1v) is 14.5. The lowest BCUT2D eigenvalue weighted by Gasteiger charge is -2.45. The van der Waals surface area contributed by atoms with Crippen LogP contribution in [-0.2, 0) is 39.2 Å². The molecule has 2 saturated heterocycles. The van der Waals surface area contributed by atoms with E-state index in [0.717, 1.165) is 0 Å². The van der Waals surface area contributed by atoms with Crippen molar-refractivity contribution in [1.29, 1.82) is 0 Å². The van der Waals surface area contributed by atoms with Crippen LogP contribution in [0.15, 0.2) is 0 Å². The van der Waals surface area contributed by atoms with Gasteiger partial charge in [-0.25, -0.2) is 0 Å². The summed E-state index contributed by atoms with van der Waals surface area (Å²) in [5, 5.41) is 88.3. The third kappa shape index (κ3) is 8.42. The van der Waals surface area contributed by atoms with Crippen LogP contribution in [0.3, 0.4) is 0 Å². The van der Waals surface area contributed by atoms with Crippen molar-refractivity contribution in [2.45, 2.75) is 91.9 Å². The Bertz CT molecular complexity index is 992. The topological polar surface area (TPSA) is 328 Å².